The molecule has 1 aliphatic rings. The van der Waals surface area contributed by atoms with Gasteiger partial charge in [-0.05, 0) is 31.9 Å². The lowest BCUT2D eigenvalue weighted by molar-refractivity contribution is -0.121. The van der Waals surface area contributed by atoms with Gasteiger partial charge < -0.3 is 14.7 Å². The molecule has 0 spiro atoms. The summed E-state index contributed by atoms with van der Waals surface area (Å²) < 4.78 is 6.69. The van der Waals surface area contributed by atoms with E-state index in [1.54, 1.807) is 22.6 Å². The third kappa shape index (κ3) is 4.45. The van der Waals surface area contributed by atoms with Gasteiger partial charge in [0.25, 0.3) is 5.91 Å². The summed E-state index contributed by atoms with van der Waals surface area (Å²) in [5, 5.41) is 11.1. The number of likely N-dealkylation sites (tertiary alicyclic amines) is 1. The second kappa shape index (κ2) is 9.30. The maximum Gasteiger partial charge on any atom is 0.293 e. The van der Waals surface area contributed by atoms with Crippen LogP contribution in [0.3, 0.4) is 0 Å². The third-order valence-corrected chi connectivity index (χ3v) is 5.86. The van der Waals surface area contributed by atoms with Crippen LogP contribution >= 0.6 is 0 Å². The van der Waals surface area contributed by atoms with Crippen molar-refractivity contribution in [1.29, 1.82) is 0 Å². The molecule has 9 heteroatoms. The van der Waals surface area contributed by atoms with Crippen LogP contribution in [0.2, 0.25) is 0 Å². The van der Waals surface area contributed by atoms with E-state index >= 15 is 0 Å². The topological polar surface area (TPSA) is 106 Å². The molecule has 2 aromatic carbocycles. The number of para-hydroxylation sites is 1. The monoisotopic (exact) mass is 456 g/mol. The molecule has 0 radical (unpaired) electrons. The lowest BCUT2D eigenvalue weighted by Gasteiger charge is -2.30. The number of nitrogens with zero attached hydrogens (tertiary/aromatic N) is 5. The Balaban J connectivity index is 1.31. The van der Waals surface area contributed by atoms with Gasteiger partial charge in [0.05, 0.1) is 5.69 Å². The Morgan fingerprint density at radius 1 is 1.00 bits per heavy atom. The minimum atomic E-state index is -0.238. The van der Waals surface area contributed by atoms with Gasteiger partial charge in [-0.3, -0.25) is 9.59 Å². The van der Waals surface area contributed by atoms with Crippen molar-refractivity contribution in [2.45, 2.75) is 19.8 Å². The second-order valence-electron chi connectivity index (χ2n) is 8.25. The molecule has 1 fully saturated rings. The molecule has 1 N–H and O–H groups in total. The molecule has 0 saturated carbocycles. The zero-order valence-electron chi connectivity index (χ0n) is 18.7. The summed E-state index contributed by atoms with van der Waals surface area (Å²) in [4.78, 5) is 32.1. The van der Waals surface area contributed by atoms with E-state index in [9.17, 15) is 9.59 Å². The number of amides is 2. The number of piperidine rings is 1. The molecular formula is C25H24N6O3. The van der Waals surface area contributed by atoms with Crippen LogP contribution in [-0.2, 0) is 4.79 Å². The van der Waals surface area contributed by atoms with E-state index in [2.05, 4.69) is 20.6 Å². The fraction of sp³-hybridized carbons (Fsp3) is 0.240. The smallest absolute Gasteiger partial charge is 0.293 e. The van der Waals surface area contributed by atoms with Crippen LogP contribution in [0.1, 0.15) is 29.2 Å². The van der Waals surface area contributed by atoms with E-state index in [-0.39, 0.29) is 23.6 Å². The van der Waals surface area contributed by atoms with E-state index in [0.29, 0.717) is 43.3 Å². The molecule has 5 rings (SSSR count). The Morgan fingerprint density at radius 2 is 1.68 bits per heavy atom. The zero-order valence-corrected chi connectivity index (χ0v) is 18.7. The summed E-state index contributed by atoms with van der Waals surface area (Å²) in [5.74, 6) is 1.24. The first-order valence-electron chi connectivity index (χ1n) is 11.2. The van der Waals surface area contributed by atoms with Crippen LogP contribution in [0.4, 0.5) is 5.82 Å². The van der Waals surface area contributed by atoms with Crippen LogP contribution in [0.15, 0.2) is 71.3 Å². The van der Waals surface area contributed by atoms with Gasteiger partial charge in [-0.15, -0.1) is 5.10 Å². The minimum Gasteiger partial charge on any atom is -0.360 e. The Morgan fingerprint density at radius 3 is 2.32 bits per heavy atom. The first-order chi connectivity index (χ1) is 16.6. The Kier molecular flexibility index (Phi) is 5.90. The van der Waals surface area contributed by atoms with E-state index in [4.69, 9.17) is 4.52 Å². The number of nitrogens with one attached hydrogen (secondary N) is 1. The maximum atomic E-state index is 13.3. The molecule has 172 valence electrons. The molecule has 1 aliphatic heterocycles. The fourth-order valence-corrected chi connectivity index (χ4v) is 4.07. The summed E-state index contributed by atoms with van der Waals surface area (Å²) in [6.45, 7) is 2.67. The molecule has 34 heavy (non-hydrogen) atoms. The average Bonchev–Trinajstić information content (AvgIpc) is 3.51. The normalized spacial score (nSPS) is 14.2. The minimum absolute atomic E-state index is 0.113. The van der Waals surface area contributed by atoms with Crippen LogP contribution < -0.4 is 5.32 Å². The molecule has 0 atom stereocenters. The standard InChI is InChI=1S/C25H24N6O3/c1-17-16-21(29-34-17)26-24(32)19-12-14-30(15-13-19)25(33)22-27-23(18-8-4-2-5-9-18)31(28-22)20-10-6-3-7-11-20/h2-11,16,19H,12-15H2,1H3,(H,26,29,32). The molecule has 3 heterocycles. The zero-order chi connectivity index (χ0) is 23.5. The summed E-state index contributed by atoms with van der Waals surface area (Å²) >= 11 is 0. The summed E-state index contributed by atoms with van der Waals surface area (Å²) in [6.07, 6.45) is 1.11. The SMILES string of the molecule is Cc1cc(NC(=O)C2CCN(C(=O)c3nc(-c4ccccc4)n(-c4ccccc4)n3)CC2)no1. The number of hydrogen-bond acceptors (Lipinski definition) is 6. The van der Waals surface area contributed by atoms with Crippen LogP contribution in [0, 0.1) is 12.8 Å². The Hall–Kier alpha value is -4.27. The number of aromatic nitrogens is 4. The van der Waals surface area contributed by atoms with Crippen LogP contribution in [-0.4, -0.2) is 49.7 Å². The second-order valence-corrected chi connectivity index (χ2v) is 8.25. The van der Waals surface area contributed by atoms with E-state index in [0.717, 1.165) is 11.3 Å². The Bertz CT molecular complexity index is 1230. The van der Waals surface area contributed by atoms with Crippen molar-refractivity contribution in [3.05, 3.63) is 78.3 Å². The van der Waals surface area contributed by atoms with Gasteiger partial charge in [-0.2, -0.15) is 0 Å². The highest BCUT2D eigenvalue weighted by Crippen LogP contribution is 2.24. The number of rotatable bonds is 5. The first kappa shape index (κ1) is 21.6. The van der Waals surface area contributed by atoms with Gasteiger partial charge in [-0.1, -0.05) is 53.7 Å². The van der Waals surface area contributed by atoms with Gasteiger partial charge >= 0.3 is 0 Å². The maximum absolute atomic E-state index is 13.3. The van der Waals surface area contributed by atoms with Crippen molar-refractivity contribution in [2.75, 3.05) is 18.4 Å². The highest BCUT2D eigenvalue weighted by Gasteiger charge is 2.30. The van der Waals surface area contributed by atoms with E-state index in [1.807, 2.05) is 60.7 Å². The van der Waals surface area contributed by atoms with Gasteiger partial charge in [-0.25, -0.2) is 9.67 Å². The van der Waals surface area contributed by atoms with Gasteiger partial charge in [0.1, 0.15) is 5.76 Å². The highest BCUT2D eigenvalue weighted by atomic mass is 16.5. The number of aryl methyl sites for hydroxylation is 1. The molecule has 1 saturated heterocycles. The van der Waals surface area contributed by atoms with Crippen molar-refractivity contribution in [3.8, 4) is 17.1 Å². The molecule has 9 nitrogen and oxygen atoms in total. The first-order valence-corrected chi connectivity index (χ1v) is 11.2. The van der Waals surface area contributed by atoms with Crippen molar-refractivity contribution in [3.63, 3.8) is 0 Å². The summed E-state index contributed by atoms with van der Waals surface area (Å²) in [7, 11) is 0. The number of anilines is 1. The van der Waals surface area contributed by atoms with Crippen molar-refractivity contribution in [1.82, 2.24) is 24.8 Å². The van der Waals surface area contributed by atoms with Crippen molar-refractivity contribution < 1.29 is 14.1 Å². The lowest BCUT2D eigenvalue weighted by Crippen LogP contribution is -2.41. The molecule has 0 bridgehead atoms. The van der Waals surface area contributed by atoms with Crippen LogP contribution in [0.25, 0.3) is 17.1 Å². The number of carbonyl (C=O) groups is 2. The molecule has 2 aromatic heterocycles. The highest BCUT2D eigenvalue weighted by molar-refractivity contribution is 5.93. The number of carbonyl (C=O) groups excluding carboxylic acids is 2. The molecule has 4 aromatic rings. The number of benzene rings is 2. The third-order valence-electron chi connectivity index (χ3n) is 5.86. The van der Waals surface area contributed by atoms with E-state index in [1.165, 1.54) is 0 Å². The predicted molar refractivity (Wildman–Crippen MR) is 125 cm³/mol. The largest absolute Gasteiger partial charge is 0.360 e. The molecular weight excluding hydrogens is 432 g/mol. The average molecular weight is 457 g/mol. The lowest BCUT2D eigenvalue weighted by atomic mass is 9.96. The van der Waals surface area contributed by atoms with Crippen molar-refractivity contribution >= 4 is 17.6 Å². The number of hydrogen-bond donors (Lipinski definition) is 1. The molecule has 0 unspecified atom stereocenters. The quantitative estimate of drug-likeness (QED) is 0.491. The molecule has 0 aliphatic carbocycles. The van der Waals surface area contributed by atoms with Gasteiger partial charge in [0.2, 0.25) is 11.7 Å². The van der Waals surface area contributed by atoms with Crippen LogP contribution in [0.5, 0.6) is 0 Å². The summed E-state index contributed by atoms with van der Waals surface area (Å²) in [5.41, 5.74) is 1.70. The van der Waals surface area contributed by atoms with Crippen molar-refractivity contribution in [2.24, 2.45) is 5.92 Å². The predicted octanol–water partition coefficient (Wildman–Crippen LogP) is 3.72. The summed E-state index contributed by atoms with van der Waals surface area (Å²) in [6, 6.07) is 21.0. The van der Waals surface area contributed by atoms with E-state index < -0.39 is 0 Å². The van der Waals surface area contributed by atoms with Gasteiger partial charge in [0.15, 0.2) is 11.6 Å². The van der Waals surface area contributed by atoms with Gasteiger partial charge in [0, 0.05) is 30.6 Å². The molecule has 2 amide bonds. The Labute approximate surface area is 196 Å². The fourth-order valence-electron chi connectivity index (χ4n) is 4.07.